The molecule has 6 heteroatoms. The minimum absolute atomic E-state index is 0.0351. The molecule has 2 rings (SSSR count). The van der Waals surface area contributed by atoms with Crippen LogP contribution in [0.15, 0.2) is 24.3 Å². The van der Waals surface area contributed by atoms with Gasteiger partial charge in [-0.2, -0.15) is 13.2 Å². The number of nitrogens with one attached hydrogen (secondary N) is 1. The molecule has 1 aliphatic rings. The van der Waals surface area contributed by atoms with Crippen molar-refractivity contribution in [3.05, 3.63) is 24.3 Å². The molecule has 0 aromatic heterocycles. The molecule has 0 bridgehead atoms. The predicted molar refractivity (Wildman–Crippen MR) is 73.3 cm³/mol. The highest BCUT2D eigenvalue weighted by Gasteiger charge is 2.27. The van der Waals surface area contributed by atoms with E-state index in [0.717, 1.165) is 18.8 Å². The highest BCUT2D eigenvalue weighted by atomic mass is 19.4. The first-order valence-electron chi connectivity index (χ1n) is 6.78. The summed E-state index contributed by atoms with van der Waals surface area (Å²) in [6, 6.07) is 7.95. The molecule has 1 N–H and O–H groups in total. The Morgan fingerprint density at radius 1 is 1.10 bits per heavy atom. The molecule has 0 aliphatic carbocycles. The first-order chi connectivity index (χ1) is 9.54. The highest BCUT2D eigenvalue weighted by molar-refractivity contribution is 5.55. The molecule has 0 radical (unpaired) electrons. The molecule has 20 heavy (non-hydrogen) atoms. The molecule has 112 valence electrons. The van der Waals surface area contributed by atoms with Gasteiger partial charge in [-0.3, -0.25) is 0 Å². The Labute approximate surface area is 116 Å². The van der Waals surface area contributed by atoms with Crippen LogP contribution in [0, 0.1) is 0 Å². The largest absolute Gasteiger partial charge is 0.411 e. The number of halogens is 3. The Morgan fingerprint density at radius 2 is 1.75 bits per heavy atom. The summed E-state index contributed by atoms with van der Waals surface area (Å²) in [5.41, 5.74) is 2.09. The summed E-state index contributed by atoms with van der Waals surface area (Å²) < 4.78 is 40.1. The maximum Gasteiger partial charge on any atom is 0.411 e. The topological polar surface area (TPSA) is 24.5 Å². The predicted octanol–water partition coefficient (Wildman–Crippen LogP) is 3.28. The summed E-state index contributed by atoms with van der Waals surface area (Å²) in [5, 5.41) is 3.04. The third kappa shape index (κ3) is 4.92. The fraction of sp³-hybridized carbons (Fsp3) is 0.571. The number of hydrogen-bond donors (Lipinski definition) is 1. The summed E-state index contributed by atoms with van der Waals surface area (Å²) in [7, 11) is 0. The number of hydrogen-bond acceptors (Lipinski definition) is 3. The van der Waals surface area contributed by atoms with Crippen LogP contribution < -0.4 is 10.2 Å². The maximum absolute atomic E-state index is 11.8. The average molecular weight is 288 g/mol. The zero-order valence-electron chi connectivity index (χ0n) is 11.2. The van der Waals surface area contributed by atoms with Crippen molar-refractivity contribution in [2.24, 2.45) is 0 Å². The molecule has 1 aromatic rings. The van der Waals surface area contributed by atoms with Gasteiger partial charge in [0, 0.05) is 31.0 Å². The van der Waals surface area contributed by atoms with Crippen LogP contribution in [0.4, 0.5) is 24.5 Å². The van der Waals surface area contributed by atoms with Crippen molar-refractivity contribution in [2.75, 3.05) is 43.1 Å². The standard InChI is InChI=1S/C14H19F3N2O/c15-14(16,17)11-20-10-7-18-12-3-5-13(6-4-12)19-8-1-2-9-19/h3-6,18H,1-2,7-11H2. The van der Waals surface area contributed by atoms with Crippen molar-refractivity contribution in [1.29, 1.82) is 0 Å². The van der Waals surface area contributed by atoms with Crippen molar-refractivity contribution in [3.8, 4) is 0 Å². The van der Waals surface area contributed by atoms with Crippen molar-refractivity contribution in [1.82, 2.24) is 0 Å². The molecule has 1 aliphatic heterocycles. The fourth-order valence-corrected chi connectivity index (χ4v) is 2.22. The molecule has 0 unspecified atom stereocenters. The molecule has 0 saturated carbocycles. The summed E-state index contributed by atoms with van der Waals surface area (Å²) >= 11 is 0. The van der Waals surface area contributed by atoms with Gasteiger partial charge in [0.2, 0.25) is 0 Å². The van der Waals surface area contributed by atoms with Crippen LogP contribution in [0.5, 0.6) is 0 Å². The minimum Gasteiger partial charge on any atom is -0.383 e. The first kappa shape index (κ1) is 15.0. The van der Waals surface area contributed by atoms with E-state index in [4.69, 9.17) is 0 Å². The van der Waals surface area contributed by atoms with E-state index in [1.807, 2.05) is 24.3 Å². The second-order valence-corrected chi connectivity index (χ2v) is 4.84. The number of ether oxygens (including phenoxy) is 1. The van der Waals surface area contributed by atoms with Gasteiger partial charge in [0.1, 0.15) is 6.61 Å². The zero-order valence-corrected chi connectivity index (χ0v) is 11.2. The molecule has 3 nitrogen and oxygen atoms in total. The molecule has 0 amide bonds. The van der Waals surface area contributed by atoms with Crippen LogP contribution in [-0.2, 0) is 4.74 Å². The first-order valence-corrected chi connectivity index (χ1v) is 6.78. The number of benzene rings is 1. The number of anilines is 2. The van der Waals surface area contributed by atoms with E-state index < -0.39 is 12.8 Å². The molecule has 1 aromatic carbocycles. The Hall–Kier alpha value is -1.43. The summed E-state index contributed by atoms with van der Waals surface area (Å²) in [6.45, 7) is 1.39. The molecule has 1 fully saturated rings. The molecular formula is C14H19F3N2O. The monoisotopic (exact) mass is 288 g/mol. The van der Waals surface area contributed by atoms with Crippen molar-refractivity contribution in [3.63, 3.8) is 0 Å². The second kappa shape index (κ2) is 6.83. The van der Waals surface area contributed by atoms with Crippen LogP contribution in [0.25, 0.3) is 0 Å². The quantitative estimate of drug-likeness (QED) is 0.813. The van der Waals surface area contributed by atoms with E-state index in [-0.39, 0.29) is 6.61 Å². The summed E-state index contributed by atoms with van der Waals surface area (Å²) in [4.78, 5) is 2.33. The lowest BCUT2D eigenvalue weighted by Crippen LogP contribution is -2.20. The van der Waals surface area contributed by atoms with Crippen LogP contribution >= 0.6 is 0 Å². The number of rotatable bonds is 6. The van der Waals surface area contributed by atoms with Crippen LogP contribution in [0.1, 0.15) is 12.8 Å². The molecule has 1 saturated heterocycles. The van der Waals surface area contributed by atoms with Gasteiger partial charge in [-0.15, -0.1) is 0 Å². The molecule has 0 atom stereocenters. The highest BCUT2D eigenvalue weighted by Crippen LogP contribution is 2.21. The van der Waals surface area contributed by atoms with Gasteiger partial charge in [-0.05, 0) is 37.1 Å². The van der Waals surface area contributed by atoms with Crippen molar-refractivity contribution < 1.29 is 17.9 Å². The molecule has 1 heterocycles. The van der Waals surface area contributed by atoms with Gasteiger partial charge >= 0.3 is 6.18 Å². The lowest BCUT2D eigenvalue weighted by atomic mass is 10.2. The number of alkyl halides is 3. The van der Waals surface area contributed by atoms with E-state index in [9.17, 15) is 13.2 Å². The van der Waals surface area contributed by atoms with E-state index in [2.05, 4.69) is 15.0 Å². The van der Waals surface area contributed by atoms with Crippen LogP contribution in [-0.4, -0.2) is 39.0 Å². The third-order valence-electron chi connectivity index (χ3n) is 3.18. The SMILES string of the molecule is FC(F)(F)COCCNc1ccc(N2CCCC2)cc1. The Balaban J connectivity index is 1.68. The minimum atomic E-state index is -4.25. The smallest absolute Gasteiger partial charge is 0.383 e. The van der Waals surface area contributed by atoms with Gasteiger partial charge in [-0.25, -0.2) is 0 Å². The van der Waals surface area contributed by atoms with Gasteiger partial charge in [-0.1, -0.05) is 0 Å². The van der Waals surface area contributed by atoms with E-state index in [0.29, 0.717) is 6.54 Å². The Bertz CT molecular complexity index is 400. The number of nitrogens with zero attached hydrogens (tertiary/aromatic N) is 1. The van der Waals surface area contributed by atoms with Crippen LogP contribution in [0.3, 0.4) is 0 Å². The lowest BCUT2D eigenvalue weighted by Gasteiger charge is -2.18. The van der Waals surface area contributed by atoms with Crippen molar-refractivity contribution >= 4 is 11.4 Å². The van der Waals surface area contributed by atoms with Gasteiger partial charge in [0.05, 0.1) is 6.61 Å². The zero-order chi connectivity index (χ0) is 14.4. The van der Waals surface area contributed by atoms with Gasteiger partial charge in [0.25, 0.3) is 0 Å². The van der Waals surface area contributed by atoms with Gasteiger partial charge in [0.15, 0.2) is 0 Å². The third-order valence-corrected chi connectivity index (χ3v) is 3.18. The Kier molecular flexibility index (Phi) is 5.11. The normalized spacial score (nSPS) is 15.7. The van der Waals surface area contributed by atoms with E-state index >= 15 is 0 Å². The molecule has 0 spiro atoms. The maximum atomic E-state index is 11.8. The average Bonchev–Trinajstić information content (AvgIpc) is 2.92. The molecular weight excluding hydrogens is 269 g/mol. The van der Waals surface area contributed by atoms with Crippen LogP contribution in [0.2, 0.25) is 0 Å². The lowest BCUT2D eigenvalue weighted by molar-refractivity contribution is -0.172. The Morgan fingerprint density at radius 3 is 2.35 bits per heavy atom. The fourth-order valence-electron chi connectivity index (χ4n) is 2.22. The van der Waals surface area contributed by atoms with E-state index in [1.54, 1.807) is 0 Å². The summed E-state index contributed by atoms with van der Waals surface area (Å²) in [6.07, 6.45) is -1.79. The van der Waals surface area contributed by atoms with Crippen molar-refractivity contribution in [2.45, 2.75) is 19.0 Å². The van der Waals surface area contributed by atoms with E-state index in [1.165, 1.54) is 18.5 Å². The second-order valence-electron chi connectivity index (χ2n) is 4.84. The summed E-state index contributed by atoms with van der Waals surface area (Å²) in [5.74, 6) is 0. The van der Waals surface area contributed by atoms with Gasteiger partial charge < -0.3 is 15.0 Å².